The largest absolute Gasteiger partial charge is 0.497 e. The number of hydrogen-bond acceptors (Lipinski definition) is 7. The highest BCUT2D eigenvalue weighted by molar-refractivity contribution is 6.10. The second-order valence-electron chi connectivity index (χ2n) is 17.0. The predicted octanol–water partition coefficient (Wildman–Crippen LogP) is 7.19. The number of hydrogen-bond donors (Lipinski definition) is 3. The van der Waals surface area contributed by atoms with E-state index in [-0.39, 0.29) is 41.7 Å². The Bertz CT molecular complexity index is 1770. The van der Waals surface area contributed by atoms with Crippen LogP contribution in [-0.4, -0.2) is 78.7 Å². The van der Waals surface area contributed by atoms with Crippen LogP contribution in [0.1, 0.15) is 82.0 Å². The number of urea groups is 1. The molecule has 6 aliphatic carbocycles. The topological polar surface area (TPSA) is 118 Å². The van der Waals surface area contributed by atoms with E-state index in [9.17, 15) is 19.8 Å². The van der Waals surface area contributed by atoms with Crippen LogP contribution in [0.5, 0.6) is 11.5 Å². The molecule has 3 N–H and O–H groups in total. The molecule has 2 spiro atoms. The average molecular weight is 711 g/mol. The van der Waals surface area contributed by atoms with Crippen LogP contribution in [-0.2, 0) is 4.74 Å². The number of methoxy groups -OCH3 is 2. The first-order chi connectivity index (χ1) is 24.9. The number of ketones is 1. The minimum atomic E-state index is -1.19. The van der Waals surface area contributed by atoms with Crippen molar-refractivity contribution in [3.05, 3.63) is 77.9 Å². The molecule has 9 heteroatoms. The molecule has 0 aromatic heterocycles. The molecule has 2 aromatic rings. The fraction of sp³-hybridized carbons (Fsp3) is 0.581. The molecule has 52 heavy (non-hydrogen) atoms. The second-order valence-corrected chi connectivity index (χ2v) is 17.0. The number of aliphatic hydroxyl groups is 2. The van der Waals surface area contributed by atoms with E-state index >= 15 is 0 Å². The predicted molar refractivity (Wildman–Crippen MR) is 198 cm³/mol. The number of allylic oxidation sites excluding steroid dienone is 4. The van der Waals surface area contributed by atoms with Gasteiger partial charge in [0, 0.05) is 46.2 Å². The smallest absolute Gasteiger partial charge is 0.322 e. The summed E-state index contributed by atoms with van der Waals surface area (Å²) >= 11 is 0. The first kappa shape index (κ1) is 35.4. The van der Waals surface area contributed by atoms with Crippen LogP contribution in [0.4, 0.5) is 10.5 Å². The molecule has 1 unspecified atom stereocenters. The Morgan fingerprint density at radius 1 is 0.885 bits per heavy atom. The second kappa shape index (κ2) is 12.7. The van der Waals surface area contributed by atoms with Gasteiger partial charge in [0.2, 0.25) is 0 Å². The number of carbonyl (C=O) groups is 2. The molecule has 2 amide bonds. The van der Waals surface area contributed by atoms with Crippen molar-refractivity contribution >= 4 is 17.5 Å². The van der Waals surface area contributed by atoms with Crippen LogP contribution in [0.25, 0.3) is 0 Å². The van der Waals surface area contributed by atoms with Crippen molar-refractivity contribution in [2.45, 2.75) is 89.4 Å². The number of rotatable bonds is 9. The van der Waals surface area contributed by atoms with Gasteiger partial charge in [0.1, 0.15) is 11.5 Å². The minimum Gasteiger partial charge on any atom is -0.497 e. The summed E-state index contributed by atoms with van der Waals surface area (Å²) in [6.45, 7) is 5.85. The van der Waals surface area contributed by atoms with E-state index in [2.05, 4.69) is 37.4 Å². The Kier molecular flexibility index (Phi) is 8.66. The number of nitrogens with zero attached hydrogens (tertiary/aromatic N) is 1. The van der Waals surface area contributed by atoms with Gasteiger partial charge in [0.05, 0.1) is 38.6 Å². The van der Waals surface area contributed by atoms with E-state index in [4.69, 9.17) is 14.2 Å². The van der Waals surface area contributed by atoms with E-state index < -0.39 is 27.9 Å². The van der Waals surface area contributed by atoms with Crippen molar-refractivity contribution in [3.63, 3.8) is 0 Å². The lowest BCUT2D eigenvalue weighted by Crippen LogP contribution is -2.67. The van der Waals surface area contributed by atoms with Gasteiger partial charge in [-0.15, -0.1) is 0 Å². The Labute approximate surface area is 307 Å². The highest BCUT2D eigenvalue weighted by Gasteiger charge is 2.74. The Morgan fingerprint density at radius 3 is 2.21 bits per heavy atom. The van der Waals surface area contributed by atoms with Crippen molar-refractivity contribution in [3.8, 4) is 11.5 Å². The molecule has 2 aromatic carbocycles. The minimum absolute atomic E-state index is 0.0112. The summed E-state index contributed by atoms with van der Waals surface area (Å²) in [7, 11) is 3.23. The number of Topliss-reactive ketones (excluding diaryl/α,β-unsaturated/α-hetero) is 1. The van der Waals surface area contributed by atoms with E-state index in [0.29, 0.717) is 48.7 Å². The summed E-state index contributed by atoms with van der Waals surface area (Å²) in [5, 5.41) is 27.2. The third kappa shape index (κ3) is 5.20. The lowest BCUT2D eigenvalue weighted by atomic mass is 9.32. The number of anilines is 1. The SMILES string of the molecule is COc1ccc(NC(=O)N(C[C@H]2CCCO2)C[C@]2(O)CC[C@H]3[C@]45C=C[C@@]6(C=C4C(=O)c4ccc(OC)cc4)CC(O)CC[C@]6(C)[C@H]5CC[C@@]32C)cc1. The maximum Gasteiger partial charge on any atom is 0.322 e. The van der Waals surface area contributed by atoms with Crippen molar-refractivity contribution in [1.29, 1.82) is 0 Å². The Morgan fingerprint density at radius 2 is 1.54 bits per heavy atom. The molecule has 1 heterocycles. The number of fused-ring (bicyclic) bond motifs is 1. The Hall–Kier alpha value is -3.66. The van der Waals surface area contributed by atoms with Crippen LogP contribution in [0.3, 0.4) is 0 Å². The zero-order valence-electron chi connectivity index (χ0n) is 31.0. The molecule has 1 aliphatic heterocycles. The summed E-state index contributed by atoms with van der Waals surface area (Å²) in [5.41, 5.74) is -0.807. The lowest BCUT2D eigenvalue weighted by molar-refractivity contribution is -0.175. The molecular weight excluding hydrogens is 656 g/mol. The van der Waals surface area contributed by atoms with E-state index in [1.165, 1.54) is 0 Å². The van der Waals surface area contributed by atoms with Gasteiger partial charge in [0.25, 0.3) is 0 Å². The summed E-state index contributed by atoms with van der Waals surface area (Å²) < 4.78 is 16.7. The highest BCUT2D eigenvalue weighted by Crippen LogP contribution is 2.78. The zero-order chi connectivity index (χ0) is 36.5. The van der Waals surface area contributed by atoms with Gasteiger partial charge >= 0.3 is 6.03 Å². The van der Waals surface area contributed by atoms with Crippen molar-refractivity contribution < 1.29 is 34.0 Å². The lowest BCUT2D eigenvalue weighted by Gasteiger charge is -2.71. The number of nitrogens with one attached hydrogen (secondary N) is 1. The summed E-state index contributed by atoms with van der Waals surface area (Å²) in [6.07, 6.45) is 13.4. The van der Waals surface area contributed by atoms with Crippen molar-refractivity contribution in [2.24, 2.45) is 33.5 Å². The molecule has 278 valence electrons. The van der Waals surface area contributed by atoms with Crippen LogP contribution in [0.2, 0.25) is 0 Å². The first-order valence-corrected chi connectivity index (χ1v) is 19.2. The zero-order valence-corrected chi connectivity index (χ0v) is 31.0. The fourth-order valence-corrected chi connectivity index (χ4v) is 11.9. The molecule has 7 aliphatic rings. The molecule has 3 saturated carbocycles. The summed E-state index contributed by atoms with van der Waals surface area (Å²) in [4.78, 5) is 30.7. The molecule has 2 bridgehead atoms. The van der Waals surface area contributed by atoms with Gasteiger partial charge in [0.15, 0.2) is 5.78 Å². The first-order valence-electron chi connectivity index (χ1n) is 19.2. The van der Waals surface area contributed by atoms with E-state index in [1.807, 2.05) is 48.5 Å². The van der Waals surface area contributed by atoms with Gasteiger partial charge in [-0.3, -0.25) is 4.79 Å². The summed E-state index contributed by atoms with van der Waals surface area (Å²) in [6, 6.07) is 14.4. The quantitative estimate of drug-likeness (QED) is 0.186. The maximum atomic E-state index is 14.9. The maximum absolute atomic E-state index is 14.9. The third-order valence-electron chi connectivity index (χ3n) is 14.8. The average Bonchev–Trinajstić information content (AvgIpc) is 3.76. The monoisotopic (exact) mass is 710 g/mol. The molecule has 1 saturated heterocycles. The van der Waals surface area contributed by atoms with Gasteiger partial charge < -0.3 is 34.6 Å². The third-order valence-corrected chi connectivity index (χ3v) is 14.8. The normalized spacial score (nSPS) is 38.5. The van der Waals surface area contributed by atoms with Crippen LogP contribution in [0.15, 0.2) is 72.3 Å². The van der Waals surface area contributed by atoms with Crippen LogP contribution >= 0.6 is 0 Å². The van der Waals surface area contributed by atoms with Crippen LogP contribution < -0.4 is 14.8 Å². The van der Waals surface area contributed by atoms with E-state index in [1.54, 1.807) is 19.1 Å². The molecule has 0 radical (unpaired) electrons. The number of benzene rings is 2. The molecular formula is C43H54N2O7. The molecule has 9 atom stereocenters. The van der Waals surface area contributed by atoms with Gasteiger partial charge in [-0.1, -0.05) is 32.1 Å². The highest BCUT2D eigenvalue weighted by atomic mass is 16.5. The van der Waals surface area contributed by atoms with Gasteiger partial charge in [-0.25, -0.2) is 4.79 Å². The van der Waals surface area contributed by atoms with Gasteiger partial charge in [-0.2, -0.15) is 0 Å². The van der Waals surface area contributed by atoms with E-state index in [0.717, 1.165) is 50.5 Å². The fourth-order valence-electron chi connectivity index (χ4n) is 11.9. The Balaban J connectivity index is 1.16. The number of aliphatic hydroxyl groups excluding tert-OH is 1. The van der Waals surface area contributed by atoms with Crippen molar-refractivity contribution in [1.82, 2.24) is 4.90 Å². The van der Waals surface area contributed by atoms with Crippen LogP contribution in [0, 0.1) is 33.5 Å². The summed E-state index contributed by atoms with van der Waals surface area (Å²) in [5.74, 6) is 1.57. The number of ether oxygens (including phenoxy) is 3. The number of amides is 2. The molecule has 9 nitrogen and oxygen atoms in total. The van der Waals surface area contributed by atoms with Gasteiger partial charge in [-0.05, 0) is 124 Å². The molecule has 4 fully saturated rings. The standard InChI is InChI=1S/C43H54N2O7/c1-39-18-15-30(46)24-41(39)21-22-43(34(25-41)37(47)28-7-11-31(50-3)12-8-28)35(39)16-19-40(2)36(43)17-20-42(40,49)27-45(26-33-6-5-23-52-33)38(48)44-29-9-13-32(51-4)14-10-29/h7-14,21-22,25,30,33,35-36,46,49H,5-6,15-20,23-24,26-27H2,1-4H3,(H,44,48)/t30?,33-,35-,36-,39-,40+,41+,42-,43-/m1/s1. The van der Waals surface area contributed by atoms with Crippen molar-refractivity contribution in [2.75, 3.05) is 39.2 Å². The molecule has 9 rings (SSSR count). The number of carbonyl (C=O) groups excluding carboxylic acids is 2.